The fourth-order valence-corrected chi connectivity index (χ4v) is 4.70. The van der Waals surface area contributed by atoms with Crippen molar-refractivity contribution in [3.05, 3.63) is 68.8 Å². The van der Waals surface area contributed by atoms with E-state index in [0.29, 0.717) is 29.6 Å². The first kappa shape index (κ1) is 25.7. The first-order valence-corrected chi connectivity index (χ1v) is 12.1. The highest BCUT2D eigenvalue weighted by Crippen LogP contribution is 2.32. The maximum absolute atomic E-state index is 9.78. The van der Waals surface area contributed by atoms with Crippen LogP contribution in [0, 0.1) is 28.6 Å². The van der Waals surface area contributed by atoms with E-state index in [9.17, 15) is 10.5 Å². The Labute approximate surface area is 196 Å². The molecule has 2 aromatic carbocycles. The Morgan fingerprint density at radius 3 is 0.969 bits per heavy atom. The summed E-state index contributed by atoms with van der Waals surface area (Å²) in [5.41, 5.74) is 9.05. The van der Waals surface area contributed by atoms with Gasteiger partial charge in [0, 0.05) is 0 Å². The summed E-state index contributed by atoms with van der Waals surface area (Å²) in [4.78, 5) is 0. The number of hydrogen-bond acceptors (Lipinski definition) is 2. The lowest BCUT2D eigenvalue weighted by Gasteiger charge is -2.21. The van der Waals surface area contributed by atoms with E-state index in [4.69, 9.17) is 0 Å². The highest BCUT2D eigenvalue weighted by molar-refractivity contribution is 5.51. The van der Waals surface area contributed by atoms with Gasteiger partial charge in [0.05, 0.1) is 23.3 Å². The van der Waals surface area contributed by atoms with Crippen LogP contribution < -0.4 is 0 Å². The lowest BCUT2D eigenvalue weighted by atomic mass is 9.83. The van der Waals surface area contributed by atoms with Crippen molar-refractivity contribution in [2.24, 2.45) is 5.92 Å². The molecule has 0 saturated carbocycles. The third-order valence-corrected chi connectivity index (χ3v) is 6.40. The molecular weight excluding hydrogens is 388 g/mol. The zero-order valence-corrected chi connectivity index (χ0v) is 21.5. The van der Waals surface area contributed by atoms with Crippen molar-refractivity contribution in [3.63, 3.8) is 0 Å². The molecule has 0 bridgehead atoms. The molecule has 2 aromatic rings. The van der Waals surface area contributed by atoms with Gasteiger partial charge in [-0.3, -0.25) is 0 Å². The molecule has 2 nitrogen and oxygen atoms in total. The molecule has 0 atom stereocenters. The summed E-state index contributed by atoms with van der Waals surface area (Å²) in [6.07, 6.45) is 1.97. The molecule has 0 radical (unpaired) electrons. The molecule has 0 aliphatic rings. The molecule has 32 heavy (non-hydrogen) atoms. The Morgan fingerprint density at radius 1 is 0.531 bits per heavy atom. The van der Waals surface area contributed by atoms with Gasteiger partial charge in [-0.05, 0) is 75.8 Å². The molecular formula is C30H40N2. The molecule has 170 valence electrons. The van der Waals surface area contributed by atoms with E-state index in [-0.39, 0.29) is 0 Å². The van der Waals surface area contributed by atoms with Crippen molar-refractivity contribution in [2.75, 3.05) is 0 Å². The highest BCUT2D eigenvalue weighted by atomic mass is 14.3. The first-order chi connectivity index (χ1) is 15.0. The van der Waals surface area contributed by atoms with E-state index in [0.717, 1.165) is 24.0 Å². The van der Waals surface area contributed by atoms with E-state index in [2.05, 4.69) is 98.7 Å². The monoisotopic (exact) mass is 428 g/mol. The minimum atomic E-state index is 0.332. The van der Waals surface area contributed by atoms with Crippen molar-refractivity contribution in [1.29, 1.82) is 10.5 Å². The van der Waals surface area contributed by atoms with Crippen LogP contribution in [0.3, 0.4) is 0 Å². The molecule has 0 spiro atoms. The SMILES string of the molecule is CC(Cc1cc(C(C)C)c(C#N)c(C(C)C)c1)Cc1cc(C(C)C)c(C#N)c(C(C)C)c1. The van der Waals surface area contributed by atoms with Crippen molar-refractivity contribution in [1.82, 2.24) is 0 Å². The summed E-state index contributed by atoms with van der Waals surface area (Å²) in [6, 6.07) is 13.9. The smallest absolute Gasteiger partial charge is 0.0997 e. The molecule has 0 aliphatic carbocycles. The maximum atomic E-state index is 9.78. The van der Waals surface area contributed by atoms with Crippen LogP contribution in [0.15, 0.2) is 24.3 Å². The molecule has 2 rings (SSSR count). The third-order valence-electron chi connectivity index (χ3n) is 6.40. The number of hydrogen-bond donors (Lipinski definition) is 0. The van der Waals surface area contributed by atoms with Crippen LogP contribution in [0.25, 0.3) is 0 Å². The van der Waals surface area contributed by atoms with Gasteiger partial charge in [0.15, 0.2) is 0 Å². The average Bonchev–Trinajstić information content (AvgIpc) is 2.71. The number of benzene rings is 2. The molecule has 0 unspecified atom stereocenters. The van der Waals surface area contributed by atoms with E-state index in [1.54, 1.807) is 0 Å². The summed E-state index contributed by atoms with van der Waals surface area (Å²) in [6.45, 7) is 19.7. The van der Waals surface area contributed by atoms with Gasteiger partial charge in [-0.25, -0.2) is 0 Å². The predicted octanol–water partition coefficient (Wildman–Crippen LogP) is 8.34. The van der Waals surface area contributed by atoms with Crippen molar-refractivity contribution >= 4 is 0 Å². The topological polar surface area (TPSA) is 47.6 Å². The Balaban J connectivity index is 2.40. The Kier molecular flexibility index (Phi) is 8.69. The quantitative estimate of drug-likeness (QED) is 0.424. The zero-order valence-electron chi connectivity index (χ0n) is 21.5. The lowest BCUT2D eigenvalue weighted by Crippen LogP contribution is -2.09. The normalized spacial score (nSPS) is 11.6. The molecule has 0 aromatic heterocycles. The predicted molar refractivity (Wildman–Crippen MR) is 135 cm³/mol. The molecule has 0 saturated heterocycles. The van der Waals surface area contributed by atoms with Gasteiger partial charge in [0.1, 0.15) is 0 Å². The van der Waals surface area contributed by atoms with Gasteiger partial charge >= 0.3 is 0 Å². The molecule has 0 fully saturated rings. The van der Waals surface area contributed by atoms with Crippen LogP contribution >= 0.6 is 0 Å². The third kappa shape index (κ3) is 5.81. The fourth-order valence-electron chi connectivity index (χ4n) is 4.70. The molecule has 0 heterocycles. The van der Waals surface area contributed by atoms with Gasteiger partial charge < -0.3 is 0 Å². The maximum Gasteiger partial charge on any atom is 0.0997 e. The molecule has 0 aliphatic heterocycles. The second-order valence-corrected chi connectivity index (χ2v) is 10.7. The summed E-state index contributed by atoms with van der Waals surface area (Å²) < 4.78 is 0. The summed E-state index contributed by atoms with van der Waals surface area (Å²) in [7, 11) is 0. The van der Waals surface area contributed by atoms with Crippen LogP contribution in [-0.4, -0.2) is 0 Å². The van der Waals surface area contributed by atoms with Gasteiger partial charge in [-0.1, -0.05) is 86.6 Å². The van der Waals surface area contributed by atoms with Crippen molar-refractivity contribution < 1.29 is 0 Å². The second kappa shape index (κ2) is 10.8. The van der Waals surface area contributed by atoms with Crippen molar-refractivity contribution in [3.8, 4) is 12.1 Å². The van der Waals surface area contributed by atoms with E-state index < -0.39 is 0 Å². The number of rotatable bonds is 8. The van der Waals surface area contributed by atoms with Crippen LogP contribution in [-0.2, 0) is 12.8 Å². The van der Waals surface area contributed by atoms with Gasteiger partial charge in [0.2, 0.25) is 0 Å². The van der Waals surface area contributed by atoms with E-state index in [1.807, 2.05) is 0 Å². The Morgan fingerprint density at radius 2 is 0.781 bits per heavy atom. The number of nitriles is 2. The summed E-state index contributed by atoms with van der Waals surface area (Å²) in [5.74, 6) is 1.79. The second-order valence-electron chi connectivity index (χ2n) is 10.7. The minimum absolute atomic E-state index is 0.332. The first-order valence-electron chi connectivity index (χ1n) is 12.1. The van der Waals surface area contributed by atoms with Crippen LogP contribution in [0.2, 0.25) is 0 Å². The zero-order chi connectivity index (χ0) is 24.2. The van der Waals surface area contributed by atoms with Gasteiger partial charge in [-0.2, -0.15) is 10.5 Å². The summed E-state index contributed by atoms with van der Waals surface area (Å²) >= 11 is 0. The van der Waals surface area contributed by atoms with Crippen LogP contribution in [0.5, 0.6) is 0 Å². The Hall–Kier alpha value is -2.58. The summed E-state index contributed by atoms with van der Waals surface area (Å²) in [5, 5.41) is 19.6. The van der Waals surface area contributed by atoms with Gasteiger partial charge in [0.25, 0.3) is 0 Å². The van der Waals surface area contributed by atoms with E-state index in [1.165, 1.54) is 33.4 Å². The van der Waals surface area contributed by atoms with Gasteiger partial charge in [-0.15, -0.1) is 0 Å². The number of nitrogens with zero attached hydrogens (tertiary/aromatic N) is 2. The molecule has 2 heteroatoms. The van der Waals surface area contributed by atoms with Crippen LogP contribution in [0.1, 0.15) is 130 Å². The van der Waals surface area contributed by atoms with E-state index >= 15 is 0 Å². The van der Waals surface area contributed by atoms with Crippen molar-refractivity contribution in [2.45, 2.75) is 98.8 Å². The molecule has 0 amide bonds. The largest absolute Gasteiger partial charge is 0.192 e. The van der Waals surface area contributed by atoms with Crippen LogP contribution in [0.4, 0.5) is 0 Å². The minimum Gasteiger partial charge on any atom is -0.192 e. The standard InChI is InChI=1S/C30H40N2/c1-18(2)25-12-23(13-26(19(3)4)29(25)16-31)10-22(9)11-24-14-27(20(5)6)30(17-32)28(15-24)21(7)8/h12-15,18-22H,10-11H2,1-9H3. The lowest BCUT2D eigenvalue weighted by molar-refractivity contribution is 0.574. The fraction of sp³-hybridized carbons (Fsp3) is 0.533. The molecule has 0 N–H and O–H groups in total. The average molecular weight is 429 g/mol. The highest BCUT2D eigenvalue weighted by Gasteiger charge is 2.19. The Bertz CT molecular complexity index is 884.